The molecule has 0 amide bonds. The second-order valence-electron chi connectivity index (χ2n) is 4.69. The zero-order valence-electron chi connectivity index (χ0n) is 11.4. The Hall–Kier alpha value is -0.960. The van der Waals surface area contributed by atoms with Crippen molar-refractivity contribution >= 4 is 31.9 Å². The predicted molar refractivity (Wildman–Crippen MR) is 79.4 cm³/mol. The maximum Gasteiger partial charge on any atom is 0.310 e. The summed E-state index contributed by atoms with van der Waals surface area (Å²) in [7, 11) is -3.79. The van der Waals surface area contributed by atoms with Crippen LogP contribution in [0.4, 0.5) is 0 Å². The topological polar surface area (TPSA) is 83.9 Å². The summed E-state index contributed by atoms with van der Waals surface area (Å²) in [5, 5.41) is 9.21. The Morgan fingerprint density at radius 2 is 2.10 bits per heavy atom. The summed E-state index contributed by atoms with van der Waals surface area (Å²) in [5.74, 6) is -1.89. The molecule has 1 heterocycles. The van der Waals surface area contributed by atoms with E-state index < -0.39 is 28.0 Å². The van der Waals surface area contributed by atoms with E-state index in [0.717, 1.165) is 0 Å². The predicted octanol–water partition coefficient (Wildman–Crippen LogP) is 1.56. The van der Waals surface area contributed by atoms with Gasteiger partial charge in [0.05, 0.1) is 30.1 Å². The Bertz CT molecular complexity index is 633. The number of nitrogens with zero attached hydrogens (tertiary/aromatic N) is 1. The van der Waals surface area contributed by atoms with Crippen LogP contribution >= 0.6 is 15.9 Å². The first-order valence-electron chi connectivity index (χ1n) is 6.46. The lowest BCUT2D eigenvalue weighted by atomic mass is 10.0. The third kappa shape index (κ3) is 3.13. The smallest absolute Gasteiger partial charge is 0.310 e. The first kappa shape index (κ1) is 16.4. The number of carbonyl (C=O) groups is 1. The van der Waals surface area contributed by atoms with Crippen LogP contribution in [0.1, 0.15) is 6.92 Å². The Balaban J connectivity index is 2.41. The minimum Gasteiger partial charge on any atom is -0.481 e. The number of ether oxygens (including phenoxy) is 1. The average molecular weight is 378 g/mol. The minimum absolute atomic E-state index is 0.0297. The second-order valence-corrected chi connectivity index (χ2v) is 7.40. The first-order chi connectivity index (χ1) is 9.89. The number of sulfonamides is 1. The molecule has 1 N–H and O–H groups in total. The molecule has 8 heteroatoms. The maximum atomic E-state index is 12.8. The van der Waals surface area contributed by atoms with E-state index in [2.05, 4.69) is 15.9 Å². The van der Waals surface area contributed by atoms with Crippen molar-refractivity contribution in [2.75, 3.05) is 19.8 Å². The molecular formula is C13H16BrNO5S. The summed E-state index contributed by atoms with van der Waals surface area (Å²) in [4.78, 5) is 11.4. The van der Waals surface area contributed by atoms with Gasteiger partial charge in [0, 0.05) is 11.0 Å². The molecule has 1 aromatic carbocycles. The van der Waals surface area contributed by atoms with Crippen LogP contribution in [-0.4, -0.2) is 49.6 Å². The Kier molecular flexibility index (Phi) is 5.03. The van der Waals surface area contributed by atoms with Gasteiger partial charge in [-0.1, -0.05) is 19.1 Å². The fourth-order valence-electron chi connectivity index (χ4n) is 2.43. The lowest BCUT2D eigenvalue weighted by Crippen LogP contribution is -2.46. The molecule has 0 aliphatic carbocycles. The molecule has 1 aliphatic rings. The first-order valence-corrected chi connectivity index (χ1v) is 8.69. The zero-order valence-corrected chi connectivity index (χ0v) is 13.8. The van der Waals surface area contributed by atoms with Crippen molar-refractivity contribution in [2.24, 2.45) is 5.92 Å². The molecule has 1 fully saturated rings. The zero-order chi connectivity index (χ0) is 15.6. The van der Waals surface area contributed by atoms with Gasteiger partial charge in [0.2, 0.25) is 10.0 Å². The number of benzene rings is 1. The van der Waals surface area contributed by atoms with Crippen LogP contribution in [0.5, 0.6) is 0 Å². The van der Waals surface area contributed by atoms with Gasteiger partial charge in [0.1, 0.15) is 0 Å². The van der Waals surface area contributed by atoms with Crippen molar-refractivity contribution in [1.29, 1.82) is 0 Å². The SMILES string of the molecule is CCN(C1COCC1C(=O)O)S(=O)(=O)c1ccccc1Br. The van der Waals surface area contributed by atoms with E-state index in [9.17, 15) is 18.3 Å². The monoisotopic (exact) mass is 377 g/mol. The molecule has 2 atom stereocenters. The number of hydrogen-bond donors (Lipinski definition) is 1. The molecule has 21 heavy (non-hydrogen) atoms. The maximum absolute atomic E-state index is 12.8. The van der Waals surface area contributed by atoms with Crippen LogP contribution in [-0.2, 0) is 19.6 Å². The van der Waals surface area contributed by atoms with E-state index in [4.69, 9.17) is 4.74 Å². The summed E-state index contributed by atoms with van der Waals surface area (Å²) in [6.07, 6.45) is 0. The van der Waals surface area contributed by atoms with Crippen molar-refractivity contribution in [3.63, 3.8) is 0 Å². The lowest BCUT2D eigenvalue weighted by molar-refractivity contribution is -0.142. The molecule has 6 nitrogen and oxygen atoms in total. The van der Waals surface area contributed by atoms with E-state index >= 15 is 0 Å². The summed E-state index contributed by atoms with van der Waals surface area (Å²) in [6, 6.07) is 5.79. The lowest BCUT2D eigenvalue weighted by Gasteiger charge is -2.28. The molecule has 2 unspecified atom stereocenters. The van der Waals surface area contributed by atoms with Crippen molar-refractivity contribution in [3.05, 3.63) is 28.7 Å². The molecule has 0 bridgehead atoms. The number of carboxylic acid groups (broad SMARTS) is 1. The number of rotatable bonds is 5. The quantitative estimate of drug-likeness (QED) is 0.841. The Labute approximate surface area is 131 Å². The Morgan fingerprint density at radius 1 is 1.43 bits per heavy atom. The van der Waals surface area contributed by atoms with Gasteiger partial charge < -0.3 is 9.84 Å². The van der Waals surface area contributed by atoms with Crippen molar-refractivity contribution < 1.29 is 23.1 Å². The van der Waals surface area contributed by atoms with Gasteiger partial charge in [-0.15, -0.1) is 0 Å². The van der Waals surface area contributed by atoms with Gasteiger partial charge >= 0.3 is 5.97 Å². The molecule has 0 radical (unpaired) electrons. The fraction of sp³-hybridized carbons (Fsp3) is 0.462. The number of carboxylic acids is 1. The summed E-state index contributed by atoms with van der Waals surface area (Å²) in [6.45, 7) is 1.99. The summed E-state index contributed by atoms with van der Waals surface area (Å²) >= 11 is 3.23. The third-order valence-electron chi connectivity index (χ3n) is 3.47. The van der Waals surface area contributed by atoms with Crippen LogP contribution < -0.4 is 0 Å². The summed E-state index contributed by atoms with van der Waals surface area (Å²) < 4.78 is 32.4. The standard InChI is InChI=1S/C13H16BrNO5S/c1-2-15(11-8-20-7-9(11)13(16)17)21(18,19)12-6-4-3-5-10(12)14/h3-6,9,11H,2,7-8H2,1H3,(H,16,17). The molecule has 0 spiro atoms. The van der Waals surface area contributed by atoms with Crippen LogP contribution in [0.3, 0.4) is 0 Å². The second kappa shape index (κ2) is 6.43. The van der Waals surface area contributed by atoms with Crippen molar-refractivity contribution in [1.82, 2.24) is 4.31 Å². The van der Waals surface area contributed by atoms with E-state index in [1.807, 2.05) is 0 Å². The van der Waals surface area contributed by atoms with E-state index in [-0.39, 0.29) is 24.7 Å². The molecule has 1 aromatic rings. The van der Waals surface area contributed by atoms with E-state index in [1.54, 1.807) is 25.1 Å². The van der Waals surface area contributed by atoms with Gasteiger partial charge in [0.25, 0.3) is 0 Å². The van der Waals surface area contributed by atoms with Crippen LogP contribution in [0.2, 0.25) is 0 Å². The molecule has 1 saturated heterocycles. The average Bonchev–Trinajstić information content (AvgIpc) is 2.88. The highest BCUT2D eigenvalue weighted by Crippen LogP contribution is 2.29. The normalized spacial score (nSPS) is 22.6. The highest BCUT2D eigenvalue weighted by Gasteiger charge is 2.42. The molecule has 1 aliphatic heterocycles. The number of halogens is 1. The highest BCUT2D eigenvalue weighted by atomic mass is 79.9. The van der Waals surface area contributed by atoms with Gasteiger partial charge in [-0.3, -0.25) is 4.79 Å². The molecular weight excluding hydrogens is 362 g/mol. The molecule has 116 valence electrons. The van der Waals surface area contributed by atoms with Crippen LogP contribution in [0.15, 0.2) is 33.6 Å². The molecule has 0 aromatic heterocycles. The van der Waals surface area contributed by atoms with Gasteiger partial charge in [-0.05, 0) is 28.1 Å². The van der Waals surface area contributed by atoms with Crippen molar-refractivity contribution in [3.8, 4) is 0 Å². The third-order valence-corrected chi connectivity index (χ3v) is 6.48. The van der Waals surface area contributed by atoms with Gasteiger partial charge in [-0.2, -0.15) is 4.31 Å². The largest absolute Gasteiger partial charge is 0.481 e. The number of aliphatic carboxylic acids is 1. The fourth-order valence-corrected chi connectivity index (χ4v) is 5.05. The Morgan fingerprint density at radius 3 is 2.67 bits per heavy atom. The van der Waals surface area contributed by atoms with E-state index in [1.165, 1.54) is 10.4 Å². The van der Waals surface area contributed by atoms with Crippen LogP contribution in [0.25, 0.3) is 0 Å². The summed E-state index contributed by atoms with van der Waals surface area (Å²) in [5.41, 5.74) is 0. The minimum atomic E-state index is -3.79. The number of hydrogen-bond acceptors (Lipinski definition) is 4. The molecule has 0 saturated carbocycles. The molecule has 2 rings (SSSR count). The number of likely N-dealkylation sites (N-methyl/N-ethyl adjacent to an activating group) is 1. The van der Waals surface area contributed by atoms with Crippen molar-refractivity contribution in [2.45, 2.75) is 17.9 Å². The van der Waals surface area contributed by atoms with Gasteiger partial charge in [-0.25, -0.2) is 8.42 Å². The van der Waals surface area contributed by atoms with E-state index in [0.29, 0.717) is 4.47 Å². The highest BCUT2D eigenvalue weighted by molar-refractivity contribution is 9.10. The van der Waals surface area contributed by atoms with Gasteiger partial charge in [0.15, 0.2) is 0 Å². The van der Waals surface area contributed by atoms with Crippen LogP contribution in [0, 0.1) is 5.92 Å².